The van der Waals surface area contributed by atoms with Crippen LogP contribution in [-0.2, 0) is 0 Å². The Bertz CT molecular complexity index is 2710. The Hall–Kier alpha value is -6.40. The van der Waals surface area contributed by atoms with Crippen molar-refractivity contribution in [3.8, 4) is 62.5 Å². The van der Waals surface area contributed by atoms with E-state index in [0.717, 1.165) is 84.3 Å². The molecule has 0 atom stereocenters. The quantitative estimate of drug-likeness (QED) is 0.175. The number of aryl methyl sites for hydroxylation is 4. The van der Waals surface area contributed by atoms with Gasteiger partial charge < -0.3 is 9.47 Å². The number of nitrogens with zero attached hydrogens (tertiary/aromatic N) is 3. The maximum absolute atomic E-state index is 6.62. The van der Waals surface area contributed by atoms with E-state index in [0.29, 0.717) is 0 Å². The van der Waals surface area contributed by atoms with Crippen LogP contribution in [0.15, 0.2) is 134 Å². The van der Waals surface area contributed by atoms with E-state index in [9.17, 15) is 0 Å². The summed E-state index contributed by atoms with van der Waals surface area (Å²) in [4.78, 5) is 10.1. The smallest absolute Gasteiger partial charge is 0.260 e. The lowest BCUT2D eigenvalue weighted by atomic mass is 9.34. The molecule has 2 aromatic heterocycles. The molecule has 2 aliphatic rings. The van der Waals surface area contributed by atoms with Crippen molar-refractivity contribution in [2.45, 2.75) is 27.7 Å². The number of benzene rings is 6. The van der Waals surface area contributed by atoms with E-state index in [2.05, 4.69) is 141 Å². The predicted octanol–water partition coefficient (Wildman–Crippen LogP) is 9.38. The summed E-state index contributed by atoms with van der Waals surface area (Å²) in [5.41, 5.74) is 16.6. The van der Waals surface area contributed by atoms with E-state index >= 15 is 0 Å². The summed E-state index contributed by atoms with van der Waals surface area (Å²) in [5.74, 6) is 4.20. The number of para-hydroxylation sites is 3. The first-order valence-corrected chi connectivity index (χ1v) is 17.8. The van der Waals surface area contributed by atoms with Crippen LogP contribution in [0.5, 0.6) is 23.0 Å². The van der Waals surface area contributed by atoms with Gasteiger partial charge in [0, 0.05) is 17.2 Å². The number of imidazole rings is 1. The second-order valence-corrected chi connectivity index (χ2v) is 14.1. The first-order valence-electron chi connectivity index (χ1n) is 17.8. The predicted molar refractivity (Wildman–Crippen MR) is 212 cm³/mol. The molecular weight excluding hydrogens is 637 g/mol. The summed E-state index contributed by atoms with van der Waals surface area (Å²) < 4.78 is 15.5. The van der Waals surface area contributed by atoms with Gasteiger partial charge in [-0.25, -0.2) is 4.98 Å². The Labute approximate surface area is 303 Å². The fourth-order valence-electron chi connectivity index (χ4n) is 8.25. The molecule has 0 radical (unpaired) electrons. The lowest BCUT2D eigenvalue weighted by Crippen LogP contribution is -2.57. The van der Waals surface area contributed by atoms with Crippen molar-refractivity contribution >= 4 is 34.1 Å². The third-order valence-corrected chi connectivity index (χ3v) is 10.5. The molecule has 52 heavy (non-hydrogen) atoms. The molecular formula is C46H34BN3O2. The molecule has 0 fully saturated rings. The van der Waals surface area contributed by atoms with Crippen LogP contribution in [-0.4, -0.2) is 21.2 Å². The van der Waals surface area contributed by atoms with Gasteiger partial charge in [0.05, 0.1) is 22.4 Å². The molecule has 0 saturated carbocycles. The summed E-state index contributed by atoms with van der Waals surface area (Å²) in [6.45, 7) is 8.51. The molecule has 0 spiro atoms. The number of hydrogen-bond donors (Lipinski definition) is 0. The zero-order chi connectivity index (χ0) is 35.1. The Balaban J connectivity index is 1.15. The molecule has 0 unspecified atom stereocenters. The molecule has 2 aliphatic heterocycles. The Morgan fingerprint density at radius 3 is 1.92 bits per heavy atom. The summed E-state index contributed by atoms with van der Waals surface area (Å²) in [5, 5.41) is 0. The molecule has 8 aromatic rings. The summed E-state index contributed by atoms with van der Waals surface area (Å²) in [6, 6.07) is 44.8. The van der Waals surface area contributed by atoms with Gasteiger partial charge in [0.1, 0.15) is 28.8 Å². The molecule has 0 bridgehead atoms. The van der Waals surface area contributed by atoms with Gasteiger partial charge in [-0.2, -0.15) is 0 Å². The standard InChI is InChI=1S/C46H34BN3O2/c1-27-21-28(2)23-34(22-27)31-19-20-48-38(26-31)32-15-17-40-35(24-32)47-36-25-33(16-18-41(36)52-43-14-8-13-42(51-40)44(43)47)46-49-37-11-5-6-12-39(37)50(46)45-29(3)9-7-10-30(45)4/h5-26H,1-4H3. The molecule has 6 aromatic carbocycles. The zero-order valence-corrected chi connectivity index (χ0v) is 29.4. The van der Waals surface area contributed by atoms with Crippen LogP contribution in [0.25, 0.3) is 50.5 Å². The molecule has 0 aliphatic carbocycles. The minimum Gasteiger partial charge on any atom is -0.458 e. The number of rotatable bonds is 4. The number of pyridine rings is 1. The van der Waals surface area contributed by atoms with Gasteiger partial charge in [0.15, 0.2) is 0 Å². The summed E-state index contributed by atoms with van der Waals surface area (Å²) >= 11 is 0. The average Bonchev–Trinajstić information content (AvgIpc) is 3.53. The van der Waals surface area contributed by atoms with Crippen molar-refractivity contribution in [1.29, 1.82) is 0 Å². The maximum Gasteiger partial charge on any atom is 0.260 e. The van der Waals surface area contributed by atoms with Gasteiger partial charge in [0.25, 0.3) is 6.71 Å². The van der Waals surface area contributed by atoms with Gasteiger partial charge in [-0.05, 0) is 127 Å². The second kappa shape index (κ2) is 11.6. The molecule has 0 saturated heterocycles. The molecule has 6 heteroatoms. The fraction of sp³-hybridized carbons (Fsp3) is 0.0870. The highest BCUT2D eigenvalue weighted by Gasteiger charge is 2.40. The van der Waals surface area contributed by atoms with Gasteiger partial charge in [-0.1, -0.05) is 77.9 Å². The first-order chi connectivity index (χ1) is 25.4. The Morgan fingerprint density at radius 2 is 1.19 bits per heavy atom. The highest BCUT2D eigenvalue weighted by Crippen LogP contribution is 2.38. The fourth-order valence-corrected chi connectivity index (χ4v) is 8.25. The van der Waals surface area contributed by atoms with Crippen molar-refractivity contribution in [2.24, 2.45) is 0 Å². The number of fused-ring (bicyclic) bond motifs is 5. The normalized spacial score (nSPS) is 12.5. The van der Waals surface area contributed by atoms with E-state index in [1.165, 1.54) is 27.8 Å². The van der Waals surface area contributed by atoms with Gasteiger partial charge in [-0.3, -0.25) is 9.55 Å². The van der Waals surface area contributed by atoms with Crippen molar-refractivity contribution in [1.82, 2.24) is 14.5 Å². The first kappa shape index (κ1) is 30.4. The average molecular weight is 672 g/mol. The van der Waals surface area contributed by atoms with Gasteiger partial charge >= 0.3 is 0 Å². The summed E-state index contributed by atoms with van der Waals surface area (Å²) in [6.07, 6.45) is 1.91. The van der Waals surface area contributed by atoms with E-state index in [-0.39, 0.29) is 6.71 Å². The van der Waals surface area contributed by atoms with E-state index < -0.39 is 0 Å². The second-order valence-electron chi connectivity index (χ2n) is 14.1. The monoisotopic (exact) mass is 671 g/mol. The number of aromatic nitrogens is 3. The van der Waals surface area contributed by atoms with Crippen LogP contribution < -0.4 is 25.9 Å². The molecule has 248 valence electrons. The third-order valence-electron chi connectivity index (χ3n) is 10.5. The van der Waals surface area contributed by atoms with E-state index in [1.54, 1.807) is 0 Å². The Morgan fingerprint density at radius 1 is 0.538 bits per heavy atom. The van der Waals surface area contributed by atoms with Gasteiger partial charge in [-0.15, -0.1) is 0 Å². The number of ether oxygens (including phenoxy) is 2. The van der Waals surface area contributed by atoms with E-state index in [1.807, 2.05) is 24.4 Å². The van der Waals surface area contributed by atoms with Crippen molar-refractivity contribution in [3.05, 3.63) is 156 Å². The van der Waals surface area contributed by atoms with Crippen LogP contribution in [0.3, 0.4) is 0 Å². The minimum atomic E-state index is -0.112. The largest absolute Gasteiger partial charge is 0.458 e. The lowest BCUT2D eigenvalue weighted by molar-refractivity contribution is 0.464. The van der Waals surface area contributed by atoms with Crippen LogP contribution in [0, 0.1) is 27.7 Å². The Kier molecular flexibility index (Phi) is 6.77. The molecule has 0 N–H and O–H groups in total. The highest BCUT2D eigenvalue weighted by atomic mass is 16.5. The third kappa shape index (κ3) is 4.79. The molecule has 4 heterocycles. The van der Waals surface area contributed by atoms with Crippen LogP contribution >= 0.6 is 0 Å². The van der Waals surface area contributed by atoms with Gasteiger partial charge in [0.2, 0.25) is 0 Å². The zero-order valence-electron chi connectivity index (χ0n) is 29.4. The molecule has 5 nitrogen and oxygen atoms in total. The van der Waals surface area contributed by atoms with Crippen LogP contribution in [0.2, 0.25) is 0 Å². The van der Waals surface area contributed by atoms with Crippen LogP contribution in [0.4, 0.5) is 0 Å². The van der Waals surface area contributed by atoms with Crippen LogP contribution in [0.1, 0.15) is 22.3 Å². The molecule has 0 amide bonds. The highest BCUT2D eigenvalue weighted by molar-refractivity contribution is 6.98. The van der Waals surface area contributed by atoms with Crippen molar-refractivity contribution in [2.75, 3.05) is 0 Å². The topological polar surface area (TPSA) is 49.2 Å². The molecule has 10 rings (SSSR count). The van der Waals surface area contributed by atoms with Crippen molar-refractivity contribution < 1.29 is 9.47 Å². The van der Waals surface area contributed by atoms with Crippen molar-refractivity contribution in [3.63, 3.8) is 0 Å². The lowest BCUT2D eigenvalue weighted by Gasteiger charge is -2.33. The maximum atomic E-state index is 6.62. The SMILES string of the molecule is Cc1cc(C)cc(-c2ccnc(-c3ccc4c(c3)B3c5cc(-c6nc7ccccc7n6-c6c(C)cccc6C)ccc5Oc5cccc(c53)O4)c2)c1. The number of hydrogen-bond acceptors (Lipinski definition) is 4. The van der Waals surface area contributed by atoms with E-state index in [4.69, 9.17) is 19.4 Å². The minimum absolute atomic E-state index is 0.112. The summed E-state index contributed by atoms with van der Waals surface area (Å²) in [7, 11) is 0.